The normalized spacial score (nSPS) is 17.9. The molecule has 0 aliphatic carbocycles. The molecule has 2 heterocycles. The molecular weight excluding hydrogens is 320 g/mol. The Morgan fingerprint density at radius 2 is 2.00 bits per heavy atom. The van der Waals surface area contributed by atoms with Gasteiger partial charge in [-0.15, -0.1) is 0 Å². The highest BCUT2D eigenvalue weighted by molar-refractivity contribution is 6.32. The summed E-state index contributed by atoms with van der Waals surface area (Å²) in [6, 6.07) is 9.86. The predicted octanol–water partition coefficient (Wildman–Crippen LogP) is 1.86. The molecule has 126 valence electrons. The van der Waals surface area contributed by atoms with Crippen molar-refractivity contribution in [1.29, 1.82) is 0 Å². The van der Waals surface area contributed by atoms with Crippen LogP contribution in [0, 0.1) is 12.8 Å². The first-order valence-corrected chi connectivity index (χ1v) is 7.71. The van der Waals surface area contributed by atoms with E-state index in [1.54, 1.807) is 43.6 Å². The third-order valence-corrected chi connectivity index (χ3v) is 3.81. The molecule has 25 heavy (non-hydrogen) atoms. The third-order valence-electron chi connectivity index (χ3n) is 3.81. The summed E-state index contributed by atoms with van der Waals surface area (Å²) < 4.78 is 0. The molecule has 1 fully saturated rings. The molecule has 0 spiro atoms. The Balaban J connectivity index is 1.82. The molecule has 7 heteroatoms. The Labute approximate surface area is 144 Å². The van der Waals surface area contributed by atoms with Crippen molar-refractivity contribution in [2.24, 2.45) is 10.9 Å². The number of rotatable bonds is 4. The molecule has 4 amide bonds. The van der Waals surface area contributed by atoms with E-state index >= 15 is 0 Å². The monoisotopic (exact) mass is 336 g/mol. The summed E-state index contributed by atoms with van der Waals surface area (Å²) in [4.78, 5) is 46.0. The molecule has 0 bridgehead atoms. The number of nitrogens with zero attached hydrogens (tertiary/aromatic N) is 3. The van der Waals surface area contributed by atoms with E-state index in [1.165, 1.54) is 6.21 Å². The number of benzene rings is 1. The minimum absolute atomic E-state index is 0.295. The molecule has 1 aromatic carbocycles. The number of para-hydroxylation sites is 1. The van der Waals surface area contributed by atoms with Crippen LogP contribution in [0.2, 0.25) is 0 Å². The van der Waals surface area contributed by atoms with Gasteiger partial charge in [-0.2, -0.15) is 0 Å². The molecule has 1 saturated heterocycles. The number of urea groups is 1. The second-order valence-corrected chi connectivity index (χ2v) is 5.58. The Bertz CT molecular complexity index is 848. The summed E-state index contributed by atoms with van der Waals surface area (Å²) in [5.41, 5.74) is 2.06. The quantitative estimate of drug-likeness (QED) is 0.681. The van der Waals surface area contributed by atoms with Crippen LogP contribution in [0.4, 0.5) is 10.5 Å². The molecule has 2 aromatic rings. The maximum Gasteiger partial charge on any atom is 0.335 e. The maximum atomic E-state index is 12.7. The van der Waals surface area contributed by atoms with Crippen LogP contribution in [0.15, 0.2) is 53.8 Å². The number of aromatic nitrogens is 1. The van der Waals surface area contributed by atoms with Crippen molar-refractivity contribution < 1.29 is 14.4 Å². The summed E-state index contributed by atoms with van der Waals surface area (Å²) in [6.07, 6.45) is 4.59. The summed E-state index contributed by atoms with van der Waals surface area (Å²) in [5.74, 6) is -2.43. The number of aliphatic imine (C=N–C) groups is 1. The van der Waals surface area contributed by atoms with E-state index in [9.17, 15) is 14.4 Å². The number of carbonyl (C=O) groups is 3. The Kier molecular flexibility index (Phi) is 4.65. The van der Waals surface area contributed by atoms with Crippen molar-refractivity contribution >= 4 is 29.7 Å². The second-order valence-electron chi connectivity index (χ2n) is 5.58. The van der Waals surface area contributed by atoms with E-state index in [0.717, 1.165) is 16.0 Å². The molecule has 7 nitrogen and oxygen atoms in total. The van der Waals surface area contributed by atoms with E-state index in [2.05, 4.69) is 15.3 Å². The first-order valence-electron chi connectivity index (χ1n) is 7.71. The van der Waals surface area contributed by atoms with Crippen molar-refractivity contribution in [1.82, 2.24) is 10.3 Å². The van der Waals surface area contributed by atoms with Crippen molar-refractivity contribution in [2.75, 3.05) is 4.90 Å². The van der Waals surface area contributed by atoms with Crippen LogP contribution in [0.3, 0.4) is 0 Å². The molecule has 0 unspecified atom stereocenters. The summed E-state index contributed by atoms with van der Waals surface area (Å²) in [7, 11) is 0. The van der Waals surface area contributed by atoms with Crippen molar-refractivity contribution in [2.45, 2.75) is 13.5 Å². The average molecular weight is 336 g/mol. The van der Waals surface area contributed by atoms with Gasteiger partial charge in [0.25, 0.3) is 5.91 Å². The first-order chi connectivity index (χ1) is 12.1. The molecule has 1 aliphatic heterocycles. The van der Waals surface area contributed by atoms with Crippen LogP contribution in [0.25, 0.3) is 0 Å². The van der Waals surface area contributed by atoms with E-state index in [4.69, 9.17) is 0 Å². The number of anilines is 1. The van der Waals surface area contributed by atoms with Gasteiger partial charge >= 0.3 is 6.03 Å². The van der Waals surface area contributed by atoms with Crippen LogP contribution < -0.4 is 10.2 Å². The third kappa shape index (κ3) is 3.45. The van der Waals surface area contributed by atoms with Crippen molar-refractivity contribution in [3.05, 3.63) is 59.9 Å². The maximum absolute atomic E-state index is 12.7. The van der Waals surface area contributed by atoms with Crippen LogP contribution in [0.5, 0.6) is 0 Å². The smallest absolute Gasteiger partial charge is 0.291 e. The van der Waals surface area contributed by atoms with Gasteiger partial charge in [0.05, 0.1) is 12.2 Å². The molecule has 1 atom stereocenters. The molecular formula is C18H16N4O3. The van der Waals surface area contributed by atoms with E-state index in [1.807, 2.05) is 12.1 Å². The number of imide groups is 2. The highest BCUT2D eigenvalue weighted by atomic mass is 16.2. The lowest BCUT2D eigenvalue weighted by Gasteiger charge is -2.29. The Morgan fingerprint density at radius 3 is 2.72 bits per heavy atom. The zero-order valence-corrected chi connectivity index (χ0v) is 13.5. The molecule has 1 aromatic heterocycles. The average Bonchev–Trinajstić information content (AvgIpc) is 2.60. The number of nitrogens with one attached hydrogen (secondary N) is 1. The van der Waals surface area contributed by atoms with Gasteiger partial charge in [-0.05, 0) is 30.2 Å². The SMILES string of the molecule is Cc1ccccc1N1C(=O)NC(=O)[C@@H](C=NCc2cccnc2)C1=O. The van der Waals surface area contributed by atoms with Crippen LogP contribution >= 0.6 is 0 Å². The summed E-state index contributed by atoms with van der Waals surface area (Å²) in [6.45, 7) is 2.08. The first kappa shape index (κ1) is 16.5. The fourth-order valence-corrected chi connectivity index (χ4v) is 2.52. The lowest BCUT2D eigenvalue weighted by molar-refractivity contribution is -0.131. The number of hydrogen-bond acceptors (Lipinski definition) is 5. The predicted molar refractivity (Wildman–Crippen MR) is 92.1 cm³/mol. The van der Waals surface area contributed by atoms with Gasteiger partial charge in [-0.25, -0.2) is 9.69 Å². The number of carbonyl (C=O) groups excluding carboxylic acids is 3. The van der Waals surface area contributed by atoms with Crippen LogP contribution in [-0.4, -0.2) is 29.0 Å². The molecule has 0 saturated carbocycles. The van der Waals surface area contributed by atoms with Crippen molar-refractivity contribution in [3.63, 3.8) is 0 Å². The van der Waals surface area contributed by atoms with Crippen molar-refractivity contribution in [3.8, 4) is 0 Å². The standard InChI is InChI=1S/C18H16N4O3/c1-12-5-2-3-7-15(12)22-17(24)14(16(23)21-18(22)25)11-20-10-13-6-4-8-19-9-13/h2-9,11,14H,10H2,1H3,(H,21,23,25)/t14-/m1/s1. The van der Waals surface area contributed by atoms with Gasteiger partial charge in [0.2, 0.25) is 5.91 Å². The summed E-state index contributed by atoms with van der Waals surface area (Å²) in [5, 5.41) is 2.21. The molecule has 0 radical (unpaired) electrons. The van der Waals surface area contributed by atoms with E-state index < -0.39 is 23.8 Å². The minimum atomic E-state index is -1.14. The lowest BCUT2D eigenvalue weighted by Crippen LogP contribution is -2.58. The number of pyridine rings is 1. The van der Waals surface area contributed by atoms with E-state index in [-0.39, 0.29) is 0 Å². The zero-order chi connectivity index (χ0) is 17.8. The lowest BCUT2D eigenvalue weighted by atomic mass is 10.0. The van der Waals surface area contributed by atoms with E-state index in [0.29, 0.717) is 12.2 Å². The van der Waals surface area contributed by atoms with Gasteiger partial charge < -0.3 is 0 Å². The fourth-order valence-electron chi connectivity index (χ4n) is 2.52. The topological polar surface area (TPSA) is 91.7 Å². The van der Waals surface area contributed by atoms with Gasteiger partial charge in [0.1, 0.15) is 0 Å². The minimum Gasteiger partial charge on any atom is -0.291 e. The summed E-state index contributed by atoms with van der Waals surface area (Å²) >= 11 is 0. The number of amides is 4. The second kappa shape index (κ2) is 7.04. The molecule has 3 rings (SSSR count). The molecule has 1 aliphatic rings. The van der Waals surface area contributed by atoms with Gasteiger partial charge in [-0.3, -0.25) is 24.9 Å². The van der Waals surface area contributed by atoms with Gasteiger partial charge in [0.15, 0.2) is 5.92 Å². The zero-order valence-electron chi connectivity index (χ0n) is 13.5. The highest BCUT2D eigenvalue weighted by Gasteiger charge is 2.40. The largest absolute Gasteiger partial charge is 0.335 e. The number of aryl methyl sites for hydroxylation is 1. The molecule has 1 N–H and O–H groups in total. The Morgan fingerprint density at radius 1 is 1.20 bits per heavy atom. The van der Waals surface area contributed by atoms with Crippen LogP contribution in [0.1, 0.15) is 11.1 Å². The Hall–Kier alpha value is -3.35. The number of hydrogen-bond donors (Lipinski definition) is 1. The van der Waals surface area contributed by atoms with Gasteiger partial charge in [0, 0.05) is 18.6 Å². The fraction of sp³-hybridized carbons (Fsp3) is 0.167. The van der Waals surface area contributed by atoms with Gasteiger partial charge in [-0.1, -0.05) is 24.3 Å². The van der Waals surface area contributed by atoms with Crippen LogP contribution in [-0.2, 0) is 16.1 Å². The number of barbiturate groups is 1. The highest BCUT2D eigenvalue weighted by Crippen LogP contribution is 2.23.